The van der Waals surface area contributed by atoms with Gasteiger partial charge < -0.3 is 4.98 Å². The summed E-state index contributed by atoms with van der Waals surface area (Å²) < 4.78 is 37.1. The van der Waals surface area contributed by atoms with Crippen LogP contribution in [0.15, 0.2) is 23.0 Å². The molecule has 1 aromatic carbocycles. The average Bonchev–Trinajstić information content (AvgIpc) is 2.18. The molecule has 0 fully saturated rings. The lowest BCUT2D eigenvalue weighted by Gasteiger charge is -2.06. The molecule has 84 valence electrons. The van der Waals surface area contributed by atoms with Crippen molar-refractivity contribution in [2.75, 3.05) is 0 Å². The Labute approximate surface area is 91.9 Å². The Bertz CT molecular complexity index is 606. The van der Waals surface area contributed by atoms with Gasteiger partial charge in [0.05, 0.1) is 15.9 Å². The Balaban J connectivity index is 2.86. The minimum absolute atomic E-state index is 0.00843. The average molecular weight is 249 g/mol. The summed E-state index contributed by atoms with van der Waals surface area (Å²) in [6.07, 6.45) is -4.70. The van der Waals surface area contributed by atoms with Gasteiger partial charge in [0.1, 0.15) is 0 Å². The van der Waals surface area contributed by atoms with Crippen LogP contribution >= 0.6 is 11.6 Å². The zero-order valence-corrected chi connectivity index (χ0v) is 8.36. The fraction of sp³-hybridized carbons (Fsp3) is 0.111. The van der Waals surface area contributed by atoms with Crippen LogP contribution in [0.25, 0.3) is 10.9 Å². The fourth-order valence-electron chi connectivity index (χ4n) is 1.26. The molecule has 16 heavy (non-hydrogen) atoms. The first kappa shape index (κ1) is 10.9. The van der Waals surface area contributed by atoms with Crippen LogP contribution in [0.2, 0.25) is 5.02 Å². The van der Waals surface area contributed by atoms with Crippen LogP contribution < -0.4 is 5.56 Å². The lowest BCUT2D eigenvalue weighted by atomic mass is 10.2. The maximum Gasteiger partial charge on any atom is 0.449 e. The minimum Gasteiger partial charge on any atom is -0.302 e. The topological polar surface area (TPSA) is 45.8 Å². The summed E-state index contributed by atoms with van der Waals surface area (Å²) in [6, 6.07) is 4.19. The zero-order chi connectivity index (χ0) is 11.9. The molecule has 2 rings (SSSR count). The van der Waals surface area contributed by atoms with Gasteiger partial charge in [0, 0.05) is 0 Å². The van der Waals surface area contributed by atoms with Gasteiger partial charge in [-0.2, -0.15) is 13.2 Å². The van der Waals surface area contributed by atoms with Gasteiger partial charge >= 0.3 is 6.18 Å². The molecular formula is C9H4ClF3N2O. The first-order valence-corrected chi connectivity index (χ1v) is 4.53. The number of alkyl halides is 3. The number of nitrogens with zero attached hydrogens (tertiary/aromatic N) is 1. The summed E-state index contributed by atoms with van der Waals surface area (Å²) in [7, 11) is 0. The number of aromatic amines is 1. The van der Waals surface area contributed by atoms with E-state index in [-0.39, 0.29) is 15.9 Å². The third-order valence-corrected chi connectivity index (χ3v) is 2.26. The van der Waals surface area contributed by atoms with Gasteiger partial charge in [0.15, 0.2) is 0 Å². The van der Waals surface area contributed by atoms with E-state index in [0.717, 1.165) is 0 Å². The van der Waals surface area contributed by atoms with E-state index in [1.54, 1.807) is 4.98 Å². The molecule has 0 aliphatic carbocycles. The minimum atomic E-state index is -4.70. The third kappa shape index (κ3) is 1.76. The van der Waals surface area contributed by atoms with Crippen molar-refractivity contribution in [1.29, 1.82) is 0 Å². The molecule has 0 unspecified atom stereocenters. The largest absolute Gasteiger partial charge is 0.449 e. The Morgan fingerprint density at radius 3 is 2.62 bits per heavy atom. The van der Waals surface area contributed by atoms with Gasteiger partial charge in [0.2, 0.25) is 5.82 Å². The molecular weight excluding hydrogens is 245 g/mol. The van der Waals surface area contributed by atoms with Crippen molar-refractivity contribution < 1.29 is 13.2 Å². The first-order chi connectivity index (χ1) is 7.39. The highest BCUT2D eigenvalue weighted by molar-refractivity contribution is 6.34. The summed E-state index contributed by atoms with van der Waals surface area (Å²) in [5, 5.41) is 0.0367. The molecule has 1 N–H and O–H groups in total. The van der Waals surface area contributed by atoms with Crippen molar-refractivity contribution in [2.45, 2.75) is 6.18 Å². The summed E-state index contributed by atoms with van der Waals surface area (Å²) in [6.45, 7) is 0. The van der Waals surface area contributed by atoms with E-state index in [2.05, 4.69) is 4.98 Å². The molecule has 7 heteroatoms. The van der Waals surface area contributed by atoms with Crippen LogP contribution in [-0.2, 0) is 6.18 Å². The first-order valence-electron chi connectivity index (χ1n) is 4.15. The highest BCUT2D eigenvalue weighted by Crippen LogP contribution is 2.27. The van der Waals surface area contributed by atoms with E-state index in [9.17, 15) is 18.0 Å². The molecule has 3 nitrogen and oxygen atoms in total. The third-order valence-electron chi connectivity index (χ3n) is 1.96. The number of hydrogen-bond acceptors (Lipinski definition) is 2. The van der Waals surface area contributed by atoms with E-state index < -0.39 is 17.6 Å². The molecule has 0 aliphatic heterocycles. The number of hydrogen-bond donors (Lipinski definition) is 1. The molecule has 1 heterocycles. The number of para-hydroxylation sites is 1. The van der Waals surface area contributed by atoms with Gasteiger partial charge in [-0.15, -0.1) is 0 Å². The summed E-state index contributed by atoms with van der Waals surface area (Å²) in [5.41, 5.74) is -1.01. The van der Waals surface area contributed by atoms with Gasteiger partial charge in [-0.05, 0) is 12.1 Å². The number of aromatic nitrogens is 2. The highest BCUT2D eigenvalue weighted by atomic mass is 35.5. The zero-order valence-electron chi connectivity index (χ0n) is 7.60. The van der Waals surface area contributed by atoms with Gasteiger partial charge in [-0.3, -0.25) is 4.79 Å². The number of fused-ring (bicyclic) bond motifs is 1. The highest BCUT2D eigenvalue weighted by Gasteiger charge is 2.34. The Morgan fingerprint density at radius 2 is 2.00 bits per heavy atom. The second-order valence-corrected chi connectivity index (χ2v) is 3.46. The normalized spacial score (nSPS) is 12.0. The lowest BCUT2D eigenvalue weighted by Crippen LogP contribution is -2.19. The predicted molar refractivity (Wildman–Crippen MR) is 52.4 cm³/mol. The van der Waals surface area contributed by atoms with Crippen molar-refractivity contribution >= 4 is 22.5 Å². The molecule has 0 spiro atoms. The number of nitrogens with one attached hydrogen (secondary N) is 1. The molecule has 2 aromatic rings. The summed E-state index contributed by atoms with van der Waals surface area (Å²) in [5.74, 6) is -1.35. The van der Waals surface area contributed by atoms with Crippen molar-refractivity contribution in [3.63, 3.8) is 0 Å². The Hall–Kier alpha value is -1.56. The number of halogens is 4. The molecule has 0 atom stereocenters. The van der Waals surface area contributed by atoms with Crippen LogP contribution in [0.3, 0.4) is 0 Å². The van der Waals surface area contributed by atoms with Crippen LogP contribution in [-0.4, -0.2) is 9.97 Å². The van der Waals surface area contributed by atoms with E-state index in [0.29, 0.717) is 0 Å². The second kappa shape index (κ2) is 3.48. The molecule has 0 amide bonds. The number of rotatable bonds is 0. The van der Waals surface area contributed by atoms with Crippen molar-refractivity contribution in [2.24, 2.45) is 0 Å². The maximum absolute atomic E-state index is 12.4. The van der Waals surface area contributed by atoms with Gasteiger partial charge in [-0.25, -0.2) is 4.98 Å². The quantitative estimate of drug-likeness (QED) is 0.779. The van der Waals surface area contributed by atoms with Crippen LogP contribution in [0, 0.1) is 0 Å². The van der Waals surface area contributed by atoms with Gasteiger partial charge in [0.25, 0.3) is 5.56 Å². The Kier molecular flexibility index (Phi) is 2.38. The van der Waals surface area contributed by atoms with Gasteiger partial charge in [-0.1, -0.05) is 17.7 Å². The SMILES string of the molecule is O=c1[nH]c(C(F)(F)F)nc2c(Cl)cccc12. The molecule has 0 radical (unpaired) electrons. The lowest BCUT2D eigenvalue weighted by molar-refractivity contribution is -0.144. The molecule has 0 saturated heterocycles. The Morgan fingerprint density at radius 1 is 1.31 bits per heavy atom. The smallest absolute Gasteiger partial charge is 0.302 e. The summed E-state index contributed by atoms with van der Waals surface area (Å²) in [4.78, 5) is 16.3. The second-order valence-electron chi connectivity index (χ2n) is 3.05. The van der Waals surface area contributed by atoms with E-state index in [4.69, 9.17) is 11.6 Å². The fourth-order valence-corrected chi connectivity index (χ4v) is 1.48. The van der Waals surface area contributed by atoms with Crippen LogP contribution in [0.5, 0.6) is 0 Å². The number of benzene rings is 1. The number of H-pyrrole nitrogens is 1. The molecule has 1 aromatic heterocycles. The predicted octanol–water partition coefficient (Wildman–Crippen LogP) is 2.60. The van der Waals surface area contributed by atoms with Crippen molar-refractivity contribution in [1.82, 2.24) is 9.97 Å². The van der Waals surface area contributed by atoms with Crippen molar-refractivity contribution in [3.8, 4) is 0 Å². The standard InChI is InChI=1S/C9H4ClF3N2O/c10-5-3-1-2-4-6(5)14-8(9(11,12)13)15-7(4)16/h1-3H,(H,14,15,16). The van der Waals surface area contributed by atoms with Crippen LogP contribution in [0.1, 0.15) is 5.82 Å². The van der Waals surface area contributed by atoms with E-state index in [1.165, 1.54) is 18.2 Å². The monoisotopic (exact) mass is 248 g/mol. The molecule has 0 bridgehead atoms. The molecule has 0 aliphatic rings. The van der Waals surface area contributed by atoms with E-state index in [1.807, 2.05) is 0 Å². The van der Waals surface area contributed by atoms with E-state index >= 15 is 0 Å². The summed E-state index contributed by atoms with van der Waals surface area (Å²) >= 11 is 5.67. The van der Waals surface area contributed by atoms with Crippen molar-refractivity contribution in [3.05, 3.63) is 39.4 Å². The maximum atomic E-state index is 12.4. The molecule has 0 saturated carbocycles. The van der Waals surface area contributed by atoms with Crippen LogP contribution in [0.4, 0.5) is 13.2 Å².